The number of carbonyl (C=O) groups excluding carboxylic acids is 3. The van der Waals surface area contributed by atoms with Crippen LogP contribution < -0.4 is 10.2 Å². The summed E-state index contributed by atoms with van der Waals surface area (Å²) < 4.78 is 5.04. The van der Waals surface area contributed by atoms with Crippen LogP contribution in [0.1, 0.15) is 34.8 Å². The Morgan fingerprint density at radius 1 is 1.04 bits per heavy atom. The molecule has 0 aliphatic carbocycles. The third kappa shape index (κ3) is 4.36. The van der Waals surface area contributed by atoms with E-state index in [9.17, 15) is 14.4 Å². The Morgan fingerprint density at radius 3 is 2.26 bits per heavy atom. The van der Waals surface area contributed by atoms with Gasteiger partial charge in [0.1, 0.15) is 6.04 Å². The smallest absolute Gasteiger partial charge is 0.287 e. The second kappa shape index (κ2) is 8.07. The highest BCUT2D eigenvalue weighted by molar-refractivity contribution is 5.95. The Kier molecular flexibility index (Phi) is 5.59. The van der Waals surface area contributed by atoms with Gasteiger partial charge in [0.05, 0.1) is 6.26 Å². The van der Waals surface area contributed by atoms with Crippen LogP contribution in [0.4, 0.5) is 5.69 Å². The number of hydrogen-bond donors (Lipinski definition) is 1. The van der Waals surface area contributed by atoms with Crippen molar-refractivity contribution in [1.82, 2.24) is 10.2 Å². The Labute approximate surface area is 157 Å². The number of hydrogen-bond acceptors (Lipinski definition) is 5. The molecule has 1 fully saturated rings. The van der Waals surface area contributed by atoms with E-state index in [1.165, 1.54) is 6.26 Å². The average molecular weight is 369 g/mol. The molecule has 7 heteroatoms. The van der Waals surface area contributed by atoms with Gasteiger partial charge in [-0.1, -0.05) is 0 Å². The van der Waals surface area contributed by atoms with Crippen LogP contribution in [-0.2, 0) is 4.79 Å². The van der Waals surface area contributed by atoms with E-state index in [0.29, 0.717) is 31.7 Å². The van der Waals surface area contributed by atoms with Crippen LogP contribution >= 0.6 is 0 Å². The molecule has 0 spiro atoms. The molecule has 0 radical (unpaired) electrons. The van der Waals surface area contributed by atoms with Crippen molar-refractivity contribution >= 4 is 23.3 Å². The minimum atomic E-state index is -0.621. The highest BCUT2D eigenvalue weighted by Gasteiger charge is 2.26. The lowest BCUT2D eigenvalue weighted by Gasteiger charge is -2.37. The molecule has 1 aromatic heterocycles. The van der Waals surface area contributed by atoms with Gasteiger partial charge in [-0.05, 0) is 50.2 Å². The molecule has 0 unspecified atom stereocenters. The predicted molar refractivity (Wildman–Crippen MR) is 101 cm³/mol. The molecule has 1 atom stereocenters. The summed E-state index contributed by atoms with van der Waals surface area (Å²) in [5, 5.41) is 2.67. The molecule has 1 N–H and O–H groups in total. The van der Waals surface area contributed by atoms with Crippen LogP contribution in [0, 0.1) is 0 Å². The van der Waals surface area contributed by atoms with E-state index in [4.69, 9.17) is 4.42 Å². The monoisotopic (exact) mass is 369 g/mol. The van der Waals surface area contributed by atoms with Crippen LogP contribution in [0.25, 0.3) is 0 Å². The molecule has 2 aromatic rings. The van der Waals surface area contributed by atoms with Crippen molar-refractivity contribution in [3.63, 3.8) is 0 Å². The zero-order chi connectivity index (χ0) is 19.4. The van der Waals surface area contributed by atoms with Gasteiger partial charge >= 0.3 is 0 Å². The fourth-order valence-corrected chi connectivity index (χ4v) is 3.10. The standard InChI is InChI=1S/C20H23N3O4/c1-14(21-19(25)18-4-3-13-27-18)20(26)23-11-9-22(10-12-23)17-7-5-16(6-8-17)15(2)24/h3-8,13-14H,9-12H2,1-2H3,(H,21,25)/t14-/m1/s1. The summed E-state index contributed by atoms with van der Waals surface area (Å²) in [5.41, 5.74) is 1.72. The maximum Gasteiger partial charge on any atom is 0.287 e. The molecular weight excluding hydrogens is 346 g/mol. The van der Waals surface area contributed by atoms with Crippen molar-refractivity contribution in [2.75, 3.05) is 31.1 Å². The number of benzene rings is 1. The van der Waals surface area contributed by atoms with Gasteiger partial charge in [0, 0.05) is 37.4 Å². The summed E-state index contributed by atoms with van der Waals surface area (Å²) in [5.74, 6) is -0.275. The summed E-state index contributed by atoms with van der Waals surface area (Å²) in [6, 6.07) is 10.1. The number of piperazine rings is 1. The van der Waals surface area contributed by atoms with Gasteiger partial charge in [0.2, 0.25) is 5.91 Å². The minimum absolute atomic E-state index is 0.0440. The van der Waals surface area contributed by atoms with Crippen LogP contribution in [0.2, 0.25) is 0 Å². The predicted octanol–water partition coefficient (Wildman–Crippen LogP) is 1.95. The van der Waals surface area contributed by atoms with Gasteiger partial charge in [-0.3, -0.25) is 14.4 Å². The van der Waals surface area contributed by atoms with Gasteiger partial charge in [0.15, 0.2) is 11.5 Å². The number of carbonyl (C=O) groups is 3. The van der Waals surface area contributed by atoms with E-state index in [0.717, 1.165) is 5.69 Å². The maximum absolute atomic E-state index is 12.6. The summed E-state index contributed by atoms with van der Waals surface area (Å²) >= 11 is 0. The zero-order valence-corrected chi connectivity index (χ0v) is 15.5. The first-order valence-corrected chi connectivity index (χ1v) is 8.95. The van der Waals surface area contributed by atoms with Crippen molar-refractivity contribution in [3.8, 4) is 0 Å². The van der Waals surface area contributed by atoms with Gasteiger partial charge in [-0.15, -0.1) is 0 Å². The van der Waals surface area contributed by atoms with Crippen LogP contribution in [0.5, 0.6) is 0 Å². The lowest BCUT2D eigenvalue weighted by atomic mass is 10.1. The molecule has 2 heterocycles. The van der Waals surface area contributed by atoms with Crippen LogP contribution in [0.15, 0.2) is 47.1 Å². The third-order valence-electron chi connectivity index (χ3n) is 4.69. The van der Waals surface area contributed by atoms with E-state index >= 15 is 0 Å². The van der Waals surface area contributed by atoms with E-state index in [-0.39, 0.29) is 17.5 Å². The Bertz CT molecular complexity index is 806. The average Bonchev–Trinajstić information content (AvgIpc) is 3.22. The molecule has 3 rings (SSSR count). The first kappa shape index (κ1) is 18.7. The van der Waals surface area contributed by atoms with Crippen molar-refractivity contribution in [2.45, 2.75) is 19.9 Å². The van der Waals surface area contributed by atoms with Gasteiger partial charge in [-0.25, -0.2) is 0 Å². The number of Topliss-reactive ketones (excluding diaryl/α,β-unsaturated/α-hetero) is 1. The number of furan rings is 1. The van der Waals surface area contributed by atoms with Crippen molar-refractivity contribution in [2.24, 2.45) is 0 Å². The fraction of sp³-hybridized carbons (Fsp3) is 0.350. The number of ketones is 1. The molecule has 27 heavy (non-hydrogen) atoms. The molecule has 1 aliphatic heterocycles. The van der Waals surface area contributed by atoms with Gasteiger partial charge < -0.3 is 19.5 Å². The Morgan fingerprint density at radius 2 is 1.70 bits per heavy atom. The van der Waals surface area contributed by atoms with Crippen molar-refractivity contribution in [1.29, 1.82) is 0 Å². The number of amides is 2. The number of rotatable bonds is 5. The molecule has 0 saturated carbocycles. The highest BCUT2D eigenvalue weighted by atomic mass is 16.3. The van der Waals surface area contributed by atoms with Crippen LogP contribution in [0.3, 0.4) is 0 Å². The summed E-state index contributed by atoms with van der Waals surface area (Å²) in [4.78, 5) is 39.9. The quantitative estimate of drug-likeness (QED) is 0.815. The topological polar surface area (TPSA) is 82.9 Å². The lowest BCUT2D eigenvalue weighted by molar-refractivity contribution is -0.133. The van der Waals surface area contributed by atoms with E-state index in [2.05, 4.69) is 10.2 Å². The fourth-order valence-electron chi connectivity index (χ4n) is 3.10. The molecule has 2 amide bonds. The number of nitrogens with one attached hydrogen (secondary N) is 1. The first-order valence-electron chi connectivity index (χ1n) is 8.95. The van der Waals surface area contributed by atoms with Gasteiger partial charge in [0.25, 0.3) is 5.91 Å². The first-order chi connectivity index (χ1) is 13.0. The molecule has 142 valence electrons. The molecule has 0 bridgehead atoms. The van der Waals surface area contributed by atoms with Crippen molar-refractivity contribution in [3.05, 3.63) is 54.0 Å². The SMILES string of the molecule is CC(=O)c1ccc(N2CCN(C(=O)[C@@H](C)NC(=O)c3ccco3)CC2)cc1. The maximum atomic E-state index is 12.6. The lowest BCUT2D eigenvalue weighted by Crippen LogP contribution is -2.54. The summed E-state index contributed by atoms with van der Waals surface area (Å²) in [6.45, 7) is 5.78. The van der Waals surface area contributed by atoms with E-state index in [1.54, 1.807) is 30.9 Å². The minimum Gasteiger partial charge on any atom is -0.459 e. The second-order valence-electron chi connectivity index (χ2n) is 6.59. The third-order valence-corrected chi connectivity index (χ3v) is 4.69. The molecular formula is C20H23N3O4. The summed E-state index contributed by atoms with van der Waals surface area (Å²) in [6.07, 6.45) is 1.42. The van der Waals surface area contributed by atoms with E-state index < -0.39 is 11.9 Å². The Hall–Kier alpha value is -3.09. The van der Waals surface area contributed by atoms with Crippen molar-refractivity contribution < 1.29 is 18.8 Å². The Balaban J connectivity index is 1.52. The molecule has 7 nitrogen and oxygen atoms in total. The number of nitrogens with zero attached hydrogens (tertiary/aromatic N) is 2. The zero-order valence-electron chi connectivity index (χ0n) is 15.5. The molecule has 1 aromatic carbocycles. The molecule has 1 saturated heterocycles. The normalized spacial score (nSPS) is 15.3. The van der Waals surface area contributed by atoms with E-state index in [1.807, 2.05) is 24.3 Å². The van der Waals surface area contributed by atoms with Crippen LogP contribution in [-0.4, -0.2) is 54.7 Å². The highest BCUT2D eigenvalue weighted by Crippen LogP contribution is 2.18. The number of anilines is 1. The molecule has 1 aliphatic rings. The second-order valence-corrected chi connectivity index (χ2v) is 6.59. The van der Waals surface area contributed by atoms with Gasteiger partial charge in [-0.2, -0.15) is 0 Å². The summed E-state index contributed by atoms with van der Waals surface area (Å²) in [7, 11) is 0. The largest absolute Gasteiger partial charge is 0.459 e.